The summed E-state index contributed by atoms with van der Waals surface area (Å²) in [6.07, 6.45) is 1.83. The van der Waals surface area contributed by atoms with E-state index in [1.165, 1.54) is 0 Å². The largest absolute Gasteiger partial charge is 0.497 e. The van der Waals surface area contributed by atoms with Gasteiger partial charge < -0.3 is 15.0 Å². The van der Waals surface area contributed by atoms with Crippen molar-refractivity contribution in [1.82, 2.24) is 15.3 Å². The monoisotopic (exact) mass is 359 g/mol. The molecule has 0 saturated carbocycles. The third-order valence-electron chi connectivity index (χ3n) is 4.82. The Bertz CT molecular complexity index is 1150. The van der Waals surface area contributed by atoms with E-state index in [2.05, 4.69) is 21.4 Å². The van der Waals surface area contributed by atoms with Gasteiger partial charge in [0.1, 0.15) is 5.75 Å². The molecule has 2 aromatic carbocycles. The molecule has 2 aromatic heterocycles. The minimum Gasteiger partial charge on any atom is -0.497 e. The number of hydrogen-bond acceptors (Lipinski definition) is 3. The van der Waals surface area contributed by atoms with Gasteiger partial charge in [-0.15, -0.1) is 0 Å². The highest BCUT2D eigenvalue weighted by Crippen LogP contribution is 2.26. The maximum Gasteiger partial charge on any atom is 0.251 e. The van der Waals surface area contributed by atoms with Crippen LogP contribution in [0, 0.1) is 6.92 Å². The molecule has 136 valence electrons. The van der Waals surface area contributed by atoms with E-state index < -0.39 is 0 Å². The van der Waals surface area contributed by atoms with E-state index in [1.807, 2.05) is 62.5 Å². The summed E-state index contributed by atoms with van der Waals surface area (Å²) < 4.78 is 5.26. The molecule has 1 atom stereocenters. The van der Waals surface area contributed by atoms with Gasteiger partial charge in [0.15, 0.2) is 0 Å². The van der Waals surface area contributed by atoms with Gasteiger partial charge in [0.25, 0.3) is 5.91 Å². The van der Waals surface area contributed by atoms with Gasteiger partial charge in [-0.3, -0.25) is 9.78 Å². The number of aromatic nitrogens is 2. The number of hydrogen-bond donors (Lipinski definition) is 2. The first-order valence-corrected chi connectivity index (χ1v) is 8.88. The number of methoxy groups -OCH3 is 1. The first-order valence-electron chi connectivity index (χ1n) is 8.88. The molecule has 4 aromatic rings. The number of rotatable bonds is 4. The summed E-state index contributed by atoms with van der Waals surface area (Å²) in [5, 5.41) is 5.26. The van der Waals surface area contributed by atoms with Gasteiger partial charge in [0.2, 0.25) is 0 Å². The Morgan fingerprint density at radius 3 is 2.78 bits per heavy atom. The summed E-state index contributed by atoms with van der Waals surface area (Å²) >= 11 is 0. The zero-order valence-electron chi connectivity index (χ0n) is 15.5. The van der Waals surface area contributed by atoms with Gasteiger partial charge in [0.05, 0.1) is 24.9 Å². The zero-order valence-corrected chi connectivity index (χ0v) is 15.5. The van der Waals surface area contributed by atoms with Crippen molar-refractivity contribution >= 4 is 27.7 Å². The molecule has 0 aliphatic rings. The summed E-state index contributed by atoms with van der Waals surface area (Å²) in [5.41, 5.74) is 4.48. The van der Waals surface area contributed by atoms with Gasteiger partial charge in [-0.05, 0) is 49.7 Å². The number of pyridine rings is 1. The first-order chi connectivity index (χ1) is 13.0. The highest BCUT2D eigenvalue weighted by Gasteiger charge is 2.14. The predicted octanol–water partition coefficient (Wildman–Crippen LogP) is 4.52. The molecule has 2 N–H and O–H groups in total. The second kappa shape index (κ2) is 6.76. The maximum absolute atomic E-state index is 12.7. The van der Waals surface area contributed by atoms with Crippen molar-refractivity contribution in [3.05, 3.63) is 71.5 Å². The topological polar surface area (TPSA) is 67.0 Å². The van der Waals surface area contributed by atoms with Crippen LogP contribution in [0.4, 0.5) is 0 Å². The molecule has 0 aliphatic carbocycles. The molecule has 0 spiro atoms. The molecule has 0 aliphatic heterocycles. The maximum atomic E-state index is 12.7. The lowest BCUT2D eigenvalue weighted by Gasteiger charge is -2.15. The first kappa shape index (κ1) is 17.1. The Kier molecular flexibility index (Phi) is 4.28. The quantitative estimate of drug-likeness (QED) is 0.563. The third-order valence-corrected chi connectivity index (χ3v) is 4.82. The van der Waals surface area contributed by atoms with Gasteiger partial charge in [0, 0.05) is 27.5 Å². The van der Waals surface area contributed by atoms with Crippen LogP contribution in [0.5, 0.6) is 5.75 Å². The average Bonchev–Trinajstić information content (AvgIpc) is 3.04. The number of benzene rings is 2. The minimum atomic E-state index is -0.127. The van der Waals surface area contributed by atoms with Crippen LogP contribution in [-0.4, -0.2) is 23.0 Å². The fourth-order valence-corrected chi connectivity index (χ4v) is 3.33. The van der Waals surface area contributed by atoms with E-state index in [9.17, 15) is 4.79 Å². The fraction of sp³-hybridized carbons (Fsp3) is 0.182. The SMILES string of the molecule is COc1cccc([C@@H](C)NC(=O)c2ccc3c(c2)[nH]c2cnc(C)cc23)c1. The second-order valence-corrected chi connectivity index (χ2v) is 6.73. The Balaban J connectivity index is 1.61. The Morgan fingerprint density at radius 2 is 1.96 bits per heavy atom. The van der Waals surface area contributed by atoms with Crippen LogP contribution in [0.15, 0.2) is 54.7 Å². The number of aromatic amines is 1. The average molecular weight is 359 g/mol. The van der Waals surface area contributed by atoms with Crippen LogP contribution < -0.4 is 10.1 Å². The summed E-state index contributed by atoms with van der Waals surface area (Å²) in [4.78, 5) is 20.4. The standard InChI is InChI=1S/C22H21N3O2/c1-13-9-19-18-8-7-16(11-20(18)25-21(19)12-23-13)22(26)24-14(2)15-5-4-6-17(10-15)27-3/h4-12,14,25H,1-3H3,(H,24,26)/t14-/m1/s1. The highest BCUT2D eigenvalue weighted by atomic mass is 16.5. The Hall–Kier alpha value is -3.34. The van der Waals surface area contributed by atoms with Gasteiger partial charge in [-0.25, -0.2) is 0 Å². The van der Waals surface area contributed by atoms with Crippen molar-refractivity contribution in [1.29, 1.82) is 0 Å². The third kappa shape index (κ3) is 3.24. The summed E-state index contributed by atoms with van der Waals surface area (Å²) in [5.74, 6) is 0.664. The predicted molar refractivity (Wildman–Crippen MR) is 107 cm³/mol. The van der Waals surface area contributed by atoms with Gasteiger partial charge >= 0.3 is 0 Å². The fourth-order valence-electron chi connectivity index (χ4n) is 3.33. The highest BCUT2D eigenvalue weighted by molar-refractivity contribution is 6.09. The molecule has 1 amide bonds. The van der Waals surface area contributed by atoms with Crippen molar-refractivity contribution in [2.24, 2.45) is 0 Å². The number of carbonyl (C=O) groups excluding carboxylic acids is 1. The molecule has 0 fully saturated rings. The molecule has 0 unspecified atom stereocenters. The number of H-pyrrole nitrogens is 1. The Morgan fingerprint density at radius 1 is 1.11 bits per heavy atom. The number of amides is 1. The molecule has 4 rings (SSSR count). The molecule has 0 radical (unpaired) electrons. The van der Waals surface area contributed by atoms with Gasteiger partial charge in [-0.1, -0.05) is 18.2 Å². The molecular weight excluding hydrogens is 338 g/mol. The van der Waals surface area contributed by atoms with Crippen molar-refractivity contribution in [3.63, 3.8) is 0 Å². The van der Waals surface area contributed by atoms with E-state index in [0.717, 1.165) is 38.8 Å². The molecule has 0 bridgehead atoms. The van der Waals surface area contributed by atoms with E-state index in [1.54, 1.807) is 7.11 Å². The van der Waals surface area contributed by atoms with Crippen molar-refractivity contribution in [2.45, 2.75) is 19.9 Å². The normalized spacial score (nSPS) is 12.3. The summed E-state index contributed by atoms with van der Waals surface area (Å²) in [6.45, 7) is 3.93. The van der Waals surface area contributed by atoms with Crippen LogP contribution in [0.25, 0.3) is 21.8 Å². The Labute approximate surface area is 157 Å². The molecule has 27 heavy (non-hydrogen) atoms. The molecule has 5 nitrogen and oxygen atoms in total. The number of ether oxygens (including phenoxy) is 1. The van der Waals surface area contributed by atoms with Gasteiger partial charge in [-0.2, -0.15) is 0 Å². The lowest BCUT2D eigenvalue weighted by molar-refractivity contribution is 0.0940. The summed E-state index contributed by atoms with van der Waals surface area (Å²) in [6, 6.07) is 15.4. The van der Waals surface area contributed by atoms with E-state index in [4.69, 9.17) is 4.74 Å². The molecule has 5 heteroatoms. The number of nitrogens with zero attached hydrogens (tertiary/aromatic N) is 1. The van der Waals surface area contributed by atoms with Crippen LogP contribution in [-0.2, 0) is 0 Å². The zero-order chi connectivity index (χ0) is 19.0. The lowest BCUT2D eigenvalue weighted by Crippen LogP contribution is -2.26. The number of aryl methyl sites for hydroxylation is 1. The number of fused-ring (bicyclic) bond motifs is 3. The van der Waals surface area contributed by atoms with Crippen molar-refractivity contribution < 1.29 is 9.53 Å². The van der Waals surface area contributed by atoms with Crippen LogP contribution in [0.3, 0.4) is 0 Å². The second-order valence-electron chi connectivity index (χ2n) is 6.73. The number of carbonyl (C=O) groups is 1. The van der Waals surface area contributed by atoms with E-state index >= 15 is 0 Å². The minimum absolute atomic E-state index is 0.111. The van der Waals surface area contributed by atoms with Crippen LogP contribution in [0.2, 0.25) is 0 Å². The van der Waals surface area contributed by atoms with Crippen LogP contribution in [0.1, 0.15) is 34.6 Å². The summed E-state index contributed by atoms with van der Waals surface area (Å²) in [7, 11) is 1.63. The van der Waals surface area contributed by atoms with E-state index in [-0.39, 0.29) is 11.9 Å². The van der Waals surface area contributed by atoms with Crippen LogP contribution >= 0.6 is 0 Å². The number of nitrogens with one attached hydrogen (secondary N) is 2. The van der Waals surface area contributed by atoms with Crippen molar-refractivity contribution in [2.75, 3.05) is 7.11 Å². The van der Waals surface area contributed by atoms with Crippen molar-refractivity contribution in [3.8, 4) is 5.75 Å². The molecule has 0 saturated heterocycles. The lowest BCUT2D eigenvalue weighted by atomic mass is 10.1. The smallest absolute Gasteiger partial charge is 0.251 e. The molecule has 2 heterocycles. The van der Waals surface area contributed by atoms with E-state index in [0.29, 0.717) is 5.56 Å². The molecular formula is C22H21N3O2.